The molecule has 0 bridgehead atoms. The first-order chi connectivity index (χ1) is 10.8. The molecule has 2 unspecified atom stereocenters. The van der Waals surface area contributed by atoms with E-state index in [0.29, 0.717) is 12.0 Å². The Morgan fingerprint density at radius 2 is 2.00 bits per heavy atom. The van der Waals surface area contributed by atoms with Crippen LogP contribution in [0.3, 0.4) is 0 Å². The van der Waals surface area contributed by atoms with Crippen molar-refractivity contribution in [2.24, 2.45) is 5.92 Å². The number of aromatic nitrogens is 1. The number of fused-ring (bicyclic) bond motifs is 1. The number of carbonyl (C=O) groups excluding carboxylic acids is 1. The van der Waals surface area contributed by atoms with Gasteiger partial charge in [0, 0.05) is 55.7 Å². The van der Waals surface area contributed by atoms with Gasteiger partial charge in [0.15, 0.2) is 0 Å². The average Bonchev–Trinajstić information content (AvgIpc) is 3.13. The van der Waals surface area contributed by atoms with E-state index < -0.39 is 0 Å². The number of hydrogen-bond donors (Lipinski definition) is 2. The standard InChI is InChI=1S/C17H20N4O/c22-17(19-14-5-2-1-3-6-14)21-10-13-9-20(16(13)12-21)11-15-7-4-8-18-15/h1-8,13,16,18H,9-12H2,(H,19,22). The lowest BCUT2D eigenvalue weighted by Crippen LogP contribution is -2.54. The Labute approximate surface area is 129 Å². The lowest BCUT2D eigenvalue weighted by atomic mass is 9.92. The van der Waals surface area contributed by atoms with E-state index in [-0.39, 0.29) is 6.03 Å². The van der Waals surface area contributed by atoms with Crippen LogP contribution in [0.25, 0.3) is 0 Å². The SMILES string of the molecule is O=C(Nc1ccccc1)N1CC2CN(Cc3ccc[nH]3)C2C1. The summed E-state index contributed by atoms with van der Waals surface area (Å²) in [5, 5.41) is 2.98. The molecule has 2 aliphatic rings. The Hall–Kier alpha value is -2.27. The zero-order valence-electron chi connectivity index (χ0n) is 12.4. The van der Waals surface area contributed by atoms with Crippen LogP contribution >= 0.6 is 0 Å². The van der Waals surface area contributed by atoms with Crippen molar-refractivity contribution in [3.8, 4) is 0 Å². The largest absolute Gasteiger partial charge is 0.364 e. The summed E-state index contributed by atoms with van der Waals surface area (Å²) < 4.78 is 0. The topological polar surface area (TPSA) is 51.4 Å². The van der Waals surface area contributed by atoms with E-state index in [2.05, 4.69) is 21.3 Å². The molecule has 5 nitrogen and oxygen atoms in total. The molecule has 2 N–H and O–H groups in total. The summed E-state index contributed by atoms with van der Waals surface area (Å²) in [7, 11) is 0. The van der Waals surface area contributed by atoms with Gasteiger partial charge in [0.05, 0.1) is 0 Å². The Balaban J connectivity index is 1.34. The molecule has 4 rings (SSSR count). The predicted molar refractivity (Wildman–Crippen MR) is 85.5 cm³/mol. The Kier molecular flexibility index (Phi) is 3.35. The minimum Gasteiger partial charge on any atom is -0.364 e. The number of para-hydroxylation sites is 1. The first-order valence-corrected chi connectivity index (χ1v) is 7.77. The van der Waals surface area contributed by atoms with Crippen molar-refractivity contribution in [1.29, 1.82) is 0 Å². The molecular formula is C17H20N4O. The van der Waals surface area contributed by atoms with Crippen molar-refractivity contribution >= 4 is 11.7 Å². The van der Waals surface area contributed by atoms with Crippen molar-refractivity contribution in [3.63, 3.8) is 0 Å². The molecule has 2 atom stereocenters. The number of hydrogen-bond acceptors (Lipinski definition) is 2. The molecule has 2 fully saturated rings. The average molecular weight is 296 g/mol. The van der Waals surface area contributed by atoms with Crippen LogP contribution in [0.15, 0.2) is 48.7 Å². The second kappa shape index (κ2) is 5.50. The van der Waals surface area contributed by atoms with E-state index in [1.807, 2.05) is 47.5 Å². The highest BCUT2D eigenvalue weighted by Gasteiger charge is 2.46. The molecule has 2 saturated heterocycles. The number of likely N-dealkylation sites (tertiary alicyclic amines) is 2. The van der Waals surface area contributed by atoms with Crippen LogP contribution in [-0.4, -0.2) is 46.5 Å². The lowest BCUT2D eigenvalue weighted by molar-refractivity contribution is 0.0424. The Morgan fingerprint density at radius 3 is 2.77 bits per heavy atom. The summed E-state index contributed by atoms with van der Waals surface area (Å²) in [5.74, 6) is 0.622. The molecule has 22 heavy (non-hydrogen) atoms. The zero-order chi connectivity index (χ0) is 14.9. The first-order valence-electron chi connectivity index (χ1n) is 7.77. The maximum absolute atomic E-state index is 12.3. The third-order valence-electron chi connectivity index (χ3n) is 4.69. The predicted octanol–water partition coefficient (Wildman–Crippen LogP) is 2.36. The highest BCUT2D eigenvalue weighted by Crippen LogP contribution is 2.33. The molecule has 0 spiro atoms. The maximum Gasteiger partial charge on any atom is 0.321 e. The van der Waals surface area contributed by atoms with Crippen molar-refractivity contribution in [2.75, 3.05) is 25.0 Å². The van der Waals surface area contributed by atoms with Crippen LogP contribution in [0, 0.1) is 5.92 Å². The van der Waals surface area contributed by atoms with Crippen LogP contribution in [0.2, 0.25) is 0 Å². The number of nitrogens with zero attached hydrogens (tertiary/aromatic N) is 2. The van der Waals surface area contributed by atoms with Gasteiger partial charge in [-0.15, -0.1) is 0 Å². The van der Waals surface area contributed by atoms with E-state index in [1.165, 1.54) is 5.69 Å². The van der Waals surface area contributed by atoms with Crippen LogP contribution in [0.5, 0.6) is 0 Å². The molecule has 2 aromatic rings. The Bertz CT molecular complexity index is 640. The number of amides is 2. The van der Waals surface area contributed by atoms with Crippen LogP contribution in [0.1, 0.15) is 5.69 Å². The van der Waals surface area contributed by atoms with Gasteiger partial charge < -0.3 is 15.2 Å². The van der Waals surface area contributed by atoms with Gasteiger partial charge in [-0.05, 0) is 24.3 Å². The molecule has 3 heterocycles. The summed E-state index contributed by atoms with van der Waals surface area (Å²) in [6.45, 7) is 3.72. The van der Waals surface area contributed by atoms with Gasteiger partial charge in [-0.1, -0.05) is 18.2 Å². The normalized spacial score (nSPS) is 23.9. The number of H-pyrrole nitrogens is 1. The minimum absolute atomic E-state index is 0.0143. The lowest BCUT2D eigenvalue weighted by Gasteiger charge is -2.43. The van der Waals surface area contributed by atoms with E-state index >= 15 is 0 Å². The summed E-state index contributed by atoms with van der Waals surface area (Å²) in [5.41, 5.74) is 2.10. The van der Waals surface area contributed by atoms with Gasteiger partial charge in [-0.2, -0.15) is 0 Å². The van der Waals surface area contributed by atoms with Crippen LogP contribution < -0.4 is 5.32 Å². The Morgan fingerprint density at radius 1 is 1.14 bits per heavy atom. The monoisotopic (exact) mass is 296 g/mol. The maximum atomic E-state index is 12.3. The van der Waals surface area contributed by atoms with Crippen molar-refractivity contribution < 1.29 is 4.79 Å². The number of benzene rings is 1. The first kappa shape index (κ1) is 13.4. The van der Waals surface area contributed by atoms with E-state index in [4.69, 9.17) is 0 Å². The molecule has 2 amide bonds. The number of rotatable bonds is 3. The van der Waals surface area contributed by atoms with E-state index in [1.54, 1.807) is 0 Å². The second-order valence-electron chi connectivity index (χ2n) is 6.15. The smallest absolute Gasteiger partial charge is 0.321 e. The summed E-state index contributed by atoms with van der Waals surface area (Å²) in [6.07, 6.45) is 1.96. The third-order valence-corrected chi connectivity index (χ3v) is 4.69. The van der Waals surface area contributed by atoms with E-state index in [9.17, 15) is 4.79 Å². The number of aromatic amines is 1. The second-order valence-corrected chi connectivity index (χ2v) is 6.15. The van der Waals surface area contributed by atoms with Gasteiger partial charge >= 0.3 is 6.03 Å². The van der Waals surface area contributed by atoms with Crippen LogP contribution in [-0.2, 0) is 6.54 Å². The van der Waals surface area contributed by atoms with Gasteiger partial charge in [0.2, 0.25) is 0 Å². The molecule has 1 aromatic heterocycles. The van der Waals surface area contributed by atoms with Crippen molar-refractivity contribution in [1.82, 2.24) is 14.8 Å². The highest BCUT2D eigenvalue weighted by atomic mass is 16.2. The summed E-state index contributed by atoms with van der Waals surface area (Å²) in [6, 6.07) is 14.3. The van der Waals surface area contributed by atoms with Crippen molar-refractivity contribution in [3.05, 3.63) is 54.4 Å². The van der Waals surface area contributed by atoms with Gasteiger partial charge in [-0.3, -0.25) is 4.90 Å². The van der Waals surface area contributed by atoms with Gasteiger partial charge in [0.1, 0.15) is 0 Å². The van der Waals surface area contributed by atoms with Crippen molar-refractivity contribution in [2.45, 2.75) is 12.6 Å². The summed E-state index contributed by atoms with van der Waals surface area (Å²) >= 11 is 0. The minimum atomic E-state index is 0.0143. The number of anilines is 1. The fourth-order valence-corrected chi connectivity index (χ4v) is 3.50. The molecule has 114 valence electrons. The molecule has 1 aromatic carbocycles. The summed E-state index contributed by atoms with van der Waals surface area (Å²) in [4.78, 5) is 20.0. The number of carbonyl (C=O) groups is 1. The molecule has 0 aliphatic carbocycles. The van der Waals surface area contributed by atoms with Gasteiger partial charge in [-0.25, -0.2) is 4.79 Å². The molecule has 0 radical (unpaired) electrons. The third kappa shape index (κ3) is 2.48. The molecule has 5 heteroatoms. The van der Waals surface area contributed by atoms with Crippen LogP contribution in [0.4, 0.5) is 10.5 Å². The fourth-order valence-electron chi connectivity index (χ4n) is 3.50. The highest BCUT2D eigenvalue weighted by molar-refractivity contribution is 5.89. The fraction of sp³-hybridized carbons (Fsp3) is 0.353. The molecule has 2 aliphatic heterocycles. The van der Waals surface area contributed by atoms with E-state index in [0.717, 1.165) is 31.9 Å². The molecule has 0 saturated carbocycles. The zero-order valence-corrected chi connectivity index (χ0v) is 12.4. The number of nitrogens with one attached hydrogen (secondary N) is 2. The molecular weight excluding hydrogens is 276 g/mol. The van der Waals surface area contributed by atoms with Gasteiger partial charge in [0.25, 0.3) is 0 Å². The number of urea groups is 1. The quantitative estimate of drug-likeness (QED) is 0.913.